The molecule has 2 aromatic rings. The molecule has 3 aliphatic rings. The van der Waals surface area contributed by atoms with Crippen LogP contribution in [0.2, 0.25) is 5.02 Å². The Hall–Kier alpha value is -2.89. The lowest BCUT2D eigenvalue weighted by Crippen LogP contribution is -2.45. The maximum Gasteiger partial charge on any atom is 0.162 e. The molecule has 2 aromatic carbocycles. The Morgan fingerprint density at radius 2 is 1.45 bits per heavy atom. The largest absolute Gasteiger partial charge is 0.489 e. The number of benzene rings is 2. The summed E-state index contributed by atoms with van der Waals surface area (Å²) in [6, 6.07) is 13.8. The van der Waals surface area contributed by atoms with E-state index in [0.717, 1.165) is 35.4 Å². The van der Waals surface area contributed by atoms with Crippen molar-refractivity contribution in [3.8, 4) is 5.75 Å². The first-order valence-corrected chi connectivity index (χ1v) is 14.5. The number of carbonyl (C=O) groups is 2. The fourth-order valence-corrected chi connectivity index (χ4v) is 6.71. The second-order valence-electron chi connectivity index (χ2n) is 13.1. The zero-order valence-electron chi connectivity index (χ0n) is 24.5. The van der Waals surface area contributed by atoms with Crippen molar-refractivity contribution < 1.29 is 19.1 Å². The molecule has 2 aliphatic carbocycles. The van der Waals surface area contributed by atoms with E-state index in [1.54, 1.807) is 7.11 Å². The fraction of sp³-hybridized carbons (Fsp3) is 0.471. The Kier molecular flexibility index (Phi) is 7.75. The SMILES string of the molecule is COCCN1C2=C(C(=O)CC(C)(C)C2)C(c2cc(Cl)ccc2OCc2ccc(C)cc2)C2=C1CC(C)(C)CC2=O. The second-order valence-corrected chi connectivity index (χ2v) is 13.6. The van der Waals surface area contributed by atoms with E-state index in [0.29, 0.717) is 54.5 Å². The molecule has 0 atom stereocenters. The molecular formula is C34H40ClNO4. The smallest absolute Gasteiger partial charge is 0.162 e. The van der Waals surface area contributed by atoms with Crippen molar-refractivity contribution in [3.63, 3.8) is 0 Å². The number of ketones is 2. The Bertz CT molecular complexity index is 1350. The van der Waals surface area contributed by atoms with Gasteiger partial charge in [-0.15, -0.1) is 0 Å². The lowest BCUT2D eigenvalue weighted by molar-refractivity contribution is -0.119. The van der Waals surface area contributed by atoms with Gasteiger partial charge in [0.05, 0.1) is 6.61 Å². The third kappa shape index (κ3) is 5.64. The Labute approximate surface area is 243 Å². The molecule has 0 radical (unpaired) electrons. The van der Waals surface area contributed by atoms with Gasteiger partial charge in [-0.3, -0.25) is 9.59 Å². The minimum absolute atomic E-state index is 0.0901. The number of carbonyl (C=O) groups excluding carboxylic acids is 2. The molecule has 0 spiro atoms. The van der Waals surface area contributed by atoms with Crippen LogP contribution in [-0.4, -0.2) is 36.7 Å². The molecule has 0 saturated carbocycles. The van der Waals surface area contributed by atoms with Crippen LogP contribution in [-0.2, 0) is 20.9 Å². The maximum absolute atomic E-state index is 14.0. The van der Waals surface area contributed by atoms with E-state index in [2.05, 4.69) is 63.8 Å². The number of halogens is 1. The molecule has 0 saturated heterocycles. The van der Waals surface area contributed by atoms with Crippen molar-refractivity contribution in [2.45, 2.75) is 72.8 Å². The van der Waals surface area contributed by atoms with Gasteiger partial charge in [-0.1, -0.05) is 69.1 Å². The molecule has 6 heteroatoms. The fourth-order valence-electron chi connectivity index (χ4n) is 6.53. The van der Waals surface area contributed by atoms with Crippen molar-refractivity contribution in [2.24, 2.45) is 10.8 Å². The third-order valence-corrected chi connectivity index (χ3v) is 8.57. The molecule has 0 amide bonds. The zero-order valence-corrected chi connectivity index (χ0v) is 25.3. The Balaban J connectivity index is 1.69. The van der Waals surface area contributed by atoms with Gasteiger partial charge in [0.15, 0.2) is 11.6 Å². The van der Waals surface area contributed by atoms with Crippen molar-refractivity contribution in [2.75, 3.05) is 20.3 Å². The van der Waals surface area contributed by atoms with Crippen LogP contribution in [0, 0.1) is 17.8 Å². The van der Waals surface area contributed by atoms with Gasteiger partial charge >= 0.3 is 0 Å². The van der Waals surface area contributed by atoms with Crippen LogP contribution < -0.4 is 4.74 Å². The molecule has 40 heavy (non-hydrogen) atoms. The number of aryl methyl sites for hydroxylation is 1. The third-order valence-electron chi connectivity index (χ3n) is 8.34. The van der Waals surface area contributed by atoms with Gasteiger partial charge in [0.1, 0.15) is 12.4 Å². The van der Waals surface area contributed by atoms with Gasteiger partial charge in [0, 0.05) is 65.5 Å². The van der Waals surface area contributed by atoms with Crippen LogP contribution in [0.4, 0.5) is 0 Å². The number of nitrogens with zero attached hydrogens (tertiary/aromatic N) is 1. The molecule has 0 N–H and O–H groups in total. The van der Waals surface area contributed by atoms with Crippen LogP contribution in [0.25, 0.3) is 0 Å². The van der Waals surface area contributed by atoms with Crippen molar-refractivity contribution in [3.05, 3.63) is 86.7 Å². The van der Waals surface area contributed by atoms with Gasteiger partial charge in [-0.25, -0.2) is 0 Å². The first kappa shape index (κ1) is 28.6. The molecule has 0 bridgehead atoms. The number of allylic oxidation sites excluding steroid dienone is 4. The summed E-state index contributed by atoms with van der Waals surface area (Å²) in [5, 5.41) is 0.552. The van der Waals surface area contributed by atoms with E-state index < -0.39 is 5.92 Å². The average molecular weight is 562 g/mol. The highest BCUT2D eigenvalue weighted by Crippen LogP contribution is 2.55. The van der Waals surface area contributed by atoms with Gasteiger partial charge in [0.2, 0.25) is 0 Å². The quantitative estimate of drug-likeness (QED) is 0.349. The lowest BCUT2D eigenvalue weighted by atomic mass is 9.63. The summed E-state index contributed by atoms with van der Waals surface area (Å²) in [5.74, 6) is 0.316. The summed E-state index contributed by atoms with van der Waals surface area (Å²) in [6.07, 6.45) is 2.37. The van der Waals surface area contributed by atoms with Crippen LogP contribution in [0.5, 0.6) is 5.75 Å². The summed E-state index contributed by atoms with van der Waals surface area (Å²) in [6.45, 7) is 12.1. The van der Waals surface area contributed by atoms with E-state index in [9.17, 15) is 9.59 Å². The normalized spacial score (nSPS) is 20.5. The van der Waals surface area contributed by atoms with Crippen LogP contribution in [0.15, 0.2) is 65.0 Å². The van der Waals surface area contributed by atoms with Crippen molar-refractivity contribution in [1.29, 1.82) is 0 Å². The number of hydrogen-bond acceptors (Lipinski definition) is 5. The van der Waals surface area contributed by atoms with E-state index in [-0.39, 0.29) is 22.4 Å². The van der Waals surface area contributed by atoms with E-state index in [1.165, 1.54) is 5.56 Å². The zero-order chi connectivity index (χ0) is 28.8. The molecule has 0 aromatic heterocycles. The van der Waals surface area contributed by atoms with E-state index in [4.69, 9.17) is 21.1 Å². The molecule has 5 nitrogen and oxygen atoms in total. The van der Waals surface area contributed by atoms with Gasteiger partial charge in [-0.05, 0) is 54.4 Å². The molecule has 1 aliphatic heterocycles. The minimum Gasteiger partial charge on any atom is -0.489 e. The molecule has 5 rings (SSSR count). The predicted molar refractivity (Wildman–Crippen MR) is 158 cm³/mol. The topological polar surface area (TPSA) is 55.8 Å². The van der Waals surface area contributed by atoms with Crippen molar-refractivity contribution in [1.82, 2.24) is 4.90 Å². The van der Waals surface area contributed by atoms with Crippen LogP contribution in [0.1, 0.15) is 76.0 Å². The van der Waals surface area contributed by atoms with Crippen LogP contribution in [0.3, 0.4) is 0 Å². The van der Waals surface area contributed by atoms with E-state index >= 15 is 0 Å². The summed E-state index contributed by atoms with van der Waals surface area (Å²) >= 11 is 6.60. The van der Waals surface area contributed by atoms with Gasteiger partial charge < -0.3 is 14.4 Å². The highest BCUT2D eigenvalue weighted by molar-refractivity contribution is 6.30. The number of ether oxygens (including phenoxy) is 2. The highest BCUT2D eigenvalue weighted by Gasteiger charge is 2.49. The number of rotatable bonds is 7. The van der Waals surface area contributed by atoms with Crippen molar-refractivity contribution >= 4 is 23.2 Å². The Morgan fingerprint density at radius 1 is 0.875 bits per heavy atom. The number of Topliss-reactive ketones (excluding diaryl/α,β-unsaturated/α-hetero) is 2. The molecule has 0 fully saturated rings. The monoisotopic (exact) mass is 561 g/mol. The summed E-state index contributed by atoms with van der Waals surface area (Å²) < 4.78 is 11.9. The number of hydrogen-bond donors (Lipinski definition) is 0. The maximum atomic E-state index is 14.0. The molecule has 212 valence electrons. The first-order chi connectivity index (χ1) is 18.9. The predicted octanol–water partition coefficient (Wildman–Crippen LogP) is 7.56. The highest BCUT2D eigenvalue weighted by atomic mass is 35.5. The molecular weight excluding hydrogens is 522 g/mol. The van der Waals surface area contributed by atoms with E-state index in [1.807, 2.05) is 18.2 Å². The lowest BCUT2D eigenvalue weighted by Gasteiger charge is -2.49. The molecule has 0 unspecified atom stereocenters. The van der Waals surface area contributed by atoms with Gasteiger partial charge in [-0.2, -0.15) is 0 Å². The summed E-state index contributed by atoms with van der Waals surface area (Å²) in [4.78, 5) is 30.3. The summed E-state index contributed by atoms with van der Waals surface area (Å²) in [7, 11) is 1.69. The minimum atomic E-state index is -0.511. The van der Waals surface area contributed by atoms with Gasteiger partial charge in [0.25, 0.3) is 0 Å². The molecule has 1 heterocycles. The standard InChI is InChI=1S/C34H40ClNO4/c1-21-7-9-22(10-8-21)20-40-29-12-11-23(35)15-24(29)30-31-25(16-33(2,3)18-27(31)37)36(13-14-39-6)26-17-34(4,5)19-28(38)32(26)30/h7-12,15,30H,13-14,16-20H2,1-6H3. The average Bonchev–Trinajstić information content (AvgIpc) is 2.86. The second kappa shape index (κ2) is 10.8. The van der Waals surface area contributed by atoms with Crippen LogP contribution >= 0.6 is 11.6 Å². The first-order valence-electron chi connectivity index (χ1n) is 14.2. The Morgan fingerprint density at radius 3 is 2.00 bits per heavy atom. The number of methoxy groups -OCH3 is 1. The summed E-state index contributed by atoms with van der Waals surface area (Å²) in [5.41, 5.74) is 6.10.